The lowest BCUT2D eigenvalue weighted by atomic mass is 10.0. The number of hydrogen-bond acceptors (Lipinski definition) is 3. The van der Waals surface area contributed by atoms with Crippen molar-refractivity contribution in [2.24, 2.45) is 0 Å². The van der Waals surface area contributed by atoms with Gasteiger partial charge in [-0.15, -0.1) is 0 Å². The molecule has 0 aliphatic rings. The van der Waals surface area contributed by atoms with Crippen LogP contribution in [0.25, 0.3) is 0 Å². The molecule has 27 heavy (non-hydrogen) atoms. The van der Waals surface area contributed by atoms with Gasteiger partial charge in [0.2, 0.25) is 10.0 Å². The molecule has 0 aliphatic carbocycles. The lowest BCUT2D eigenvalue weighted by Gasteiger charge is -2.21. The smallest absolute Gasteiger partial charge is 0.241 e. The SMILES string of the molecule is CCC(NS(=O)(=O)c1cc(C(C)C)c(OC)cc1C)c1ccc(C)c(C)c1. The minimum Gasteiger partial charge on any atom is -0.496 e. The van der Waals surface area contributed by atoms with Crippen LogP contribution in [0.5, 0.6) is 5.75 Å². The van der Waals surface area contributed by atoms with Crippen LogP contribution in [0.15, 0.2) is 35.2 Å². The molecule has 1 atom stereocenters. The molecule has 0 radical (unpaired) electrons. The molecule has 0 spiro atoms. The fourth-order valence-corrected chi connectivity index (χ4v) is 4.78. The van der Waals surface area contributed by atoms with E-state index in [1.165, 1.54) is 5.56 Å². The molecule has 0 aromatic heterocycles. The van der Waals surface area contributed by atoms with E-state index in [0.717, 1.165) is 22.4 Å². The van der Waals surface area contributed by atoms with Crippen molar-refractivity contribution in [1.29, 1.82) is 0 Å². The Morgan fingerprint density at radius 2 is 1.67 bits per heavy atom. The second-order valence-electron chi connectivity index (χ2n) is 7.44. The molecule has 0 amide bonds. The zero-order valence-electron chi connectivity index (χ0n) is 17.4. The van der Waals surface area contributed by atoms with Crippen LogP contribution in [-0.4, -0.2) is 15.5 Å². The topological polar surface area (TPSA) is 55.4 Å². The van der Waals surface area contributed by atoms with E-state index in [0.29, 0.717) is 16.9 Å². The van der Waals surface area contributed by atoms with Gasteiger partial charge in [-0.05, 0) is 73.1 Å². The van der Waals surface area contributed by atoms with Crippen molar-refractivity contribution in [1.82, 2.24) is 4.72 Å². The van der Waals surface area contributed by atoms with Crippen LogP contribution >= 0.6 is 0 Å². The molecule has 2 rings (SSSR count). The van der Waals surface area contributed by atoms with Crippen molar-refractivity contribution in [3.8, 4) is 5.75 Å². The number of sulfonamides is 1. The molecule has 5 heteroatoms. The van der Waals surface area contributed by atoms with Crippen LogP contribution < -0.4 is 9.46 Å². The Morgan fingerprint density at radius 3 is 2.19 bits per heavy atom. The first-order chi connectivity index (χ1) is 12.6. The molecule has 148 valence electrons. The van der Waals surface area contributed by atoms with Gasteiger partial charge in [-0.1, -0.05) is 39.0 Å². The summed E-state index contributed by atoms with van der Waals surface area (Å²) < 4.78 is 34.7. The Bertz CT molecular complexity index is 917. The third-order valence-electron chi connectivity index (χ3n) is 5.08. The third kappa shape index (κ3) is 4.71. The number of ether oxygens (including phenoxy) is 1. The van der Waals surface area contributed by atoms with Crippen LogP contribution in [-0.2, 0) is 10.0 Å². The van der Waals surface area contributed by atoms with Gasteiger partial charge >= 0.3 is 0 Å². The van der Waals surface area contributed by atoms with Gasteiger partial charge in [0.25, 0.3) is 0 Å². The Kier molecular flexibility index (Phi) is 6.71. The van der Waals surface area contributed by atoms with Gasteiger partial charge in [-0.25, -0.2) is 13.1 Å². The van der Waals surface area contributed by atoms with E-state index in [1.54, 1.807) is 26.2 Å². The maximum Gasteiger partial charge on any atom is 0.241 e. The highest BCUT2D eigenvalue weighted by Gasteiger charge is 2.24. The van der Waals surface area contributed by atoms with Gasteiger partial charge in [-0.2, -0.15) is 0 Å². The minimum atomic E-state index is -3.66. The molecule has 1 N–H and O–H groups in total. The molecule has 0 heterocycles. The maximum atomic E-state index is 13.2. The summed E-state index contributed by atoms with van der Waals surface area (Å²) in [6, 6.07) is 9.39. The molecule has 2 aromatic rings. The zero-order chi connectivity index (χ0) is 20.4. The van der Waals surface area contributed by atoms with Gasteiger partial charge in [0, 0.05) is 6.04 Å². The summed E-state index contributed by atoms with van der Waals surface area (Å²) in [6.45, 7) is 11.9. The lowest BCUT2D eigenvalue weighted by molar-refractivity contribution is 0.406. The molecule has 0 aliphatic heterocycles. The quantitative estimate of drug-likeness (QED) is 0.710. The fourth-order valence-electron chi connectivity index (χ4n) is 3.21. The summed E-state index contributed by atoms with van der Waals surface area (Å²) in [5.74, 6) is 0.888. The molecule has 2 aromatic carbocycles. The second kappa shape index (κ2) is 8.44. The standard InChI is InChI=1S/C22H31NO3S/c1-8-20(18-10-9-15(4)16(5)11-18)23-27(24,25)22-13-19(14(2)3)21(26-7)12-17(22)6/h9-14,20,23H,8H2,1-7H3. The predicted octanol–water partition coefficient (Wildman–Crippen LogP) is 5.17. The lowest BCUT2D eigenvalue weighted by Crippen LogP contribution is -2.29. The first-order valence-electron chi connectivity index (χ1n) is 9.38. The number of aryl methyl sites for hydroxylation is 3. The molecule has 1 unspecified atom stereocenters. The van der Waals surface area contributed by atoms with Crippen molar-refractivity contribution in [3.05, 3.63) is 58.1 Å². The highest BCUT2D eigenvalue weighted by Crippen LogP contribution is 2.32. The summed E-state index contributed by atoms with van der Waals surface area (Å²) in [6.07, 6.45) is 0.675. The first-order valence-corrected chi connectivity index (χ1v) is 10.9. The fraction of sp³-hybridized carbons (Fsp3) is 0.455. The van der Waals surface area contributed by atoms with Gasteiger partial charge in [0.05, 0.1) is 12.0 Å². The van der Waals surface area contributed by atoms with Gasteiger partial charge in [0.1, 0.15) is 5.75 Å². The summed E-state index contributed by atoms with van der Waals surface area (Å²) in [5.41, 5.74) is 4.91. The summed E-state index contributed by atoms with van der Waals surface area (Å²) in [4.78, 5) is 0.314. The molecular weight excluding hydrogens is 358 g/mol. The van der Waals surface area contributed by atoms with E-state index in [1.807, 2.05) is 39.8 Å². The second-order valence-corrected chi connectivity index (χ2v) is 9.12. The van der Waals surface area contributed by atoms with E-state index in [4.69, 9.17) is 4.74 Å². The van der Waals surface area contributed by atoms with Gasteiger partial charge < -0.3 is 4.74 Å². The van der Waals surface area contributed by atoms with Crippen LogP contribution in [0.4, 0.5) is 0 Å². The van der Waals surface area contributed by atoms with Crippen LogP contribution in [0.1, 0.15) is 67.0 Å². The Balaban J connectivity index is 2.45. The highest BCUT2D eigenvalue weighted by molar-refractivity contribution is 7.89. The van der Waals surface area contributed by atoms with E-state index in [2.05, 4.69) is 17.7 Å². The van der Waals surface area contributed by atoms with Crippen molar-refractivity contribution in [2.75, 3.05) is 7.11 Å². The van der Waals surface area contributed by atoms with Gasteiger partial charge in [-0.3, -0.25) is 0 Å². The summed E-state index contributed by atoms with van der Waals surface area (Å²) in [5, 5.41) is 0. The Hall–Kier alpha value is -1.85. The maximum absolute atomic E-state index is 13.2. The number of benzene rings is 2. The number of methoxy groups -OCH3 is 1. The van der Waals surface area contributed by atoms with E-state index in [-0.39, 0.29) is 12.0 Å². The zero-order valence-corrected chi connectivity index (χ0v) is 18.2. The molecule has 4 nitrogen and oxygen atoms in total. The molecular formula is C22H31NO3S. The number of nitrogens with one attached hydrogen (secondary N) is 1. The van der Waals surface area contributed by atoms with Crippen LogP contribution in [0.3, 0.4) is 0 Å². The van der Waals surface area contributed by atoms with Gasteiger partial charge in [0.15, 0.2) is 0 Å². The first kappa shape index (κ1) is 21.5. The van der Waals surface area contributed by atoms with Crippen LogP contribution in [0.2, 0.25) is 0 Å². The summed E-state index contributed by atoms with van der Waals surface area (Å²) >= 11 is 0. The molecule has 0 bridgehead atoms. The summed E-state index contributed by atoms with van der Waals surface area (Å²) in [7, 11) is -2.05. The van der Waals surface area contributed by atoms with Crippen molar-refractivity contribution in [2.45, 2.75) is 64.8 Å². The Morgan fingerprint density at radius 1 is 1.00 bits per heavy atom. The minimum absolute atomic E-state index is 0.163. The molecule has 0 saturated heterocycles. The van der Waals surface area contributed by atoms with Crippen molar-refractivity contribution >= 4 is 10.0 Å². The predicted molar refractivity (Wildman–Crippen MR) is 111 cm³/mol. The van der Waals surface area contributed by atoms with Crippen molar-refractivity contribution < 1.29 is 13.2 Å². The number of hydrogen-bond donors (Lipinski definition) is 1. The normalized spacial score (nSPS) is 13.0. The average Bonchev–Trinajstić information content (AvgIpc) is 2.61. The monoisotopic (exact) mass is 389 g/mol. The highest BCUT2D eigenvalue weighted by atomic mass is 32.2. The largest absolute Gasteiger partial charge is 0.496 e. The average molecular weight is 390 g/mol. The van der Waals surface area contributed by atoms with E-state index >= 15 is 0 Å². The number of rotatable bonds is 7. The van der Waals surface area contributed by atoms with Crippen molar-refractivity contribution in [3.63, 3.8) is 0 Å². The third-order valence-corrected chi connectivity index (χ3v) is 6.69. The van der Waals surface area contributed by atoms with E-state index < -0.39 is 10.0 Å². The van der Waals surface area contributed by atoms with Crippen LogP contribution in [0, 0.1) is 20.8 Å². The Labute approximate surface area is 164 Å². The molecule has 0 fully saturated rings. The molecule has 0 saturated carbocycles. The van der Waals surface area contributed by atoms with E-state index in [9.17, 15) is 8.42 Å².